The van der Waals surface area contributed by atoms with Gasteiger partial charge in [0.1, 0.15) is 11.2 Å². The molecule has 66 heavy (non-hydrogen) atoms. The fraction of sp³-hybridized carbons (Fsp3) is 0.327. The topological polar surface area (TPSA) is 142 Å². The zero-order valence-electron chi connectivity index (χ0n) is 39.7. The van der Waals surface area contributed by atoms with Crippen LogP contribution in [-0.4, -0.2) is 67.7 Å². The molecule has 1 fully saturated rings. The molecule has 0 aromatic heterocycles. The Morgan fingerprint density at radius 2 is 1.18 bits per heavy atom. The Bertz CT molecular complexity index is 2560. The first-order valence-electron chi connectivity index (χ1n) is 22.2. The van der Waals surface area contributed by atoms with E-state index in [0.29, 0.717) is 27.2 Å². The summed E-state index contributed by atoms with van der Waals surface area (Å²) in [6.07, 6.45) is -0.867. The van der Waals surface area contributed by atoms with Crippen molar-refractivity contribution in [1.82, 2.24) is 4.90 Å². The van der Waals surface area contributed by atoms with Gasteiger partial charge in [-0.2, -0.15) is 0 Å². The Morgan fingerprint density at radius 3 is 1.64 bits per heavy atom. The maximum absolute atomic E-state index is 15.6. The lowest BCUT2D eigenvalue weighted by molar-refractivity contribution is -0.384. The number of hydrogen-bond donors (Lipinski definition) is 0. The Morgan fingerprint density at radius 1 is 0.697 bits per heavy atom. The standard InChI is InChI=1S/C52H61N2O9PSi2/c1-36(62-65(8,9)51(2,3)4)46-44(35-45(55)38-22-21-23-40(34-38)63-66(10,11)52(5,6)7)53(47(46)56)48(50(58)61-49(57)37-30-32-39(33-31-37)54(59)60)64(41-24-15-12-16-25-41,42-26-17-13-18-27-42)43-28-19-14-20-29-43/h12-34,36,44,46H,35H2,1-11H3/t36-,44-,46-/m1/s1. The summed E-state index contributed by atoms with van der Waals surface area (Å²) in [6, 6.07) is 39.1. The average molecular weight is 945 g/mol. The summed E-state index contributed by atoms with van der Waals surface area (Å²) in [7, 11) is -4.80. The molecule has 3 atom stereocenters. The Balaban J connectivity index is 1.62. The van der Waals surface area contributed by atoms with Gasteiger partial charge in [0.05, 0.1) is 28.6 Å². The summed E-state index contributed by atoms with van der Waals surface area (Å²) in [6.45, 7) is 19.6. The van der Waals surface area contributed by atoms with Gasteiger partial charge in [-0.15, -0.1) is 0 Å². The zero-order valence-corrected chi connectivity index (χ0v) is 42.6. The summed E-state index contributed by atoms with van der Waals surface area (Å²) < 4.78 is 19.4. The Hall–Kier alpha value is -5.73. The number of amides is 1. The van der Waals surface area contributed by atoms with Crippen LogP contribution in [0, 0.1) is 16.0 Å². The van der Waals surface area contributed by atoms with E-state index in [2.05, 4.69) is 67.7 Å². The molecule has 1 saturated heterocycles. The second kappa shape index (κ2) is 19.2. The van der Waals surface area contributed by atoms with Crippen molar-refractivity contribution in [3.05, 3.63) is 161 Å². The summed E-state index contributed by atoms with van der Waals surface area (Å²) in [5.41, 5.74) is -0.0554. The molecule has 1 heterocycles. The minimum Gasteiger partial charge on any atom is -0.543 e. The third-order valence-corrected chi connectivity index (χ3v) is 26.6. The molecule has 6 rings (SSSR count). The van der Waals surface area contributed by atoms with Gasteiger partial charge >= 0.3 is 11.9 Å². The molecule has 1 amide bonds. The fourth-order valence-corrected chi connectivity index (χ4v) is 14.7. The average Bonchev–Trinajstić information content (AvgIpc) is 3.26. The van der Waals surface area contributed by atoms with Gasteiger partial charge in [-0.1, -0.05) is 145 Å². The fourth-order valence-electron chi connectivity index (χ4n) is 7.84. The third kappa shape index (κ3) is 10.00. The molecule has 11 nitrogen and oxygen atoms in total. The molecule has 0 spiro atoms. The number of carbonyl (C=O) groups is 4. The lowest BCUT2D eigenvalue weighted by Gasteiger charge is -2.52. The Kier molecular flexibility index (Phi) is 14.5. The number of Topliss-reactive ketones (excluding diaryl/α,β-unsaturated/α-hetero) is 1. The molecule has 0 unspecified atom stereocenters. The number of ketones is 1. The lowest BCUT2D eigenvalue weighted by Crippen LogP contribution is -2.69. The Labute approximate surface area is 390 Å². The highest BCUT2D eigenvalue weighted by Crippen LogP contribution is 2.51. The minimum absolute atomic E-state index is 0.0880. The van der Waals surface area contributed by atoms with E-state index in [0.717, 1.165) is 12.1 Å². The van der Waals surface area contributed by atoms with Gasteiger partial charge in [0.25, 0.3) is 5.69 Å². The highest BCUT2D eigenvalue weighted by atomic mass is 31.2. The van der Waals surface area contributed by atoms with Crippen molar-refractivity contribution in [2.45, 2.75) is 103 Å². The van der Waals surface area contributed by atoms with Gasteiger partial charge < -0.3 is 18.5 Å². The lowest BCUT2D eigenvalue weighted by atomic mass is 9.79. The molecule has 0 saturated carbocycles. The van der Waals surface area contributed by atoms with E-state index in [1.54, 1.807) is 18.2 Å². The molecule has 5 aromatic carbocycles. The van der Waals surface area contributed by atoms with Gasteiger partial charge in [-0.25, -0.2) is 9.59 Å². The van der Waals surface area contributed by atoms with E-state index in [4.69, 9.17) is 13.6 Å². The van der Waals surface area contributed by atoms with Crippen LogP contribution in [0.5, 0.6) is 5.75 Å². The van der Waals surface area contributed by atoms with Crippen molar-refractivity contribution >= 4 is 74.2 Å². The second-order valence-electron chi connectivity index (χ2n) is 19.9. The van der Waals surface area contributed by atoms with E-state index in [9.17, 15) is 19.7 Å². The van der Waals surface area contributed by atoms with E-state index in [-0.39, 0.29) is 38.9 Å². The number of nitrogens with zero attached hydrogens (tertiary/aromatic N) is 2. The van der Waals surface area contributed by atoms with E-state index in [1.807, 2.05) is 104 Å². The summed E-state index contributed by atoms with van der Waals surface area (Å²) in [5, 5.41) is 13.3. The monoisotopic (exact) mass is 944 g/mol. The van der Waals surface area contributed by atoms with Crippen LogP contribution in [0.15, 0.2) is 140 Å². The van der Waals surface area contributed by atoms with Crippen LogP contribution >= 0.6 is 6.89 Å². The molecule has 1 aliphatic rings. The number of esters is 2. The van der Waals surface area contributed by atoms with Gasteiger partial charge in [-0.05, 0) is 83.4 Å². The van der Waals surface area contributed by atoms with Crippen LogP contribution in [-0.2, 0) is 18.8 Å². The van der Waals surface area contributed by atoms with Crippen LogP contribution in [0.4, 0.5) is 5.69 Å². The normalized spacial score (nSPS) is 16.2. The molecule has 0 aliphatic carbocycles. The smallest absolute Gasteiger partial charge is 0.363 e. The SMILES string of the molecule is C[C@@H](O[Si](C)(C)C(C)(C)C)[C@H]1C(=O)N(C(C(=O)OC(=O)c2ccc([N+](=O)[O-])cc2)=P(c2ccccc2)(c2ccccc2)c2ccccc2)[C@@H]1CC(=O)c1cccc(O[Si](C)(C)C(C)(C)C)c1. The maximum Gasteiger partial charge on any atom is 0.363 e. The molecule has 346 valence electrons. The molecular formula is C52H61N2O9PSi2. The number of nitro benzene ring substituents is 1. The molecule has 0 N–H and O–H groups in total. The predicted molar refractivity (Wildman–Crippen MR) is 269 cm³/mol. The van der Waals surface area contributed by atoms with Crippen LogP contribution < -0.4 is 20.3 Å². The number of benzene rings is 5. The van der Waals surface area contributed by atoms with Crippen molar-refractivity contribution in [2.75, 3.05) is 0 Å². The largest absolute Gasteiger partial charge is 0.543 e. The first-order valence-corrected chi connectivity index (χ1v) is 29.8. The van der Waals surface area contributed by atoms with Crippen LogP contribution in [0.25, 0.3) is 0 Å². The number of hydrogen-bond acceptors (Lipinski definition) is 9. The molecule has 5 aromatic rings. The first kappa shape index (κ1) is 49.7. The number of β-lactam (4-membered cyclic amide) rings is 1. The molecular weight excluding hydrogens is 884 g/mol. The van der Waals surface area contributed by atoms with Crippen molar-refractivity contribution in [3.8, 4) is 5.75 Å². The van der Waals surface area contributed by atoms with E-state index < -0.39 is 64.4 Å². The minimum atomic E-state index is -3.52. The highest BCUT2D eigenvalue weighted by molar-refractivity contribution is 7.96. The summed E-state index contributed by atoms with van der Waals surface area (Å²) >= 11 is 0. The third-order valence-electron chi connectivity index (χ3n) is 13.4. The molecule has 1 aliphatic heterocycles. The molecule has 0 bridgehead atoms. The highest BCUT2D eigenvalue weighted by Gasteiger charge is 2.57. The molecule has 0 radical (unpaired) electrons. The number of ether oxygens (including phenoxy) is 1. The van der Waals surface area contributed by atoms with E-state index in [1.165, 1.54) is 17.0 Å². The zero-order chi connectivity index (χ0) is 48.4. The van der Waals surface area contributed by atoms with Gasteiger partial charge in [0.2, 0.25) is 14.2 Å². The second-order valence-corrected chi connectivity index (χ2v) is 32.7. The number of carbonyl (C=O) groups excluding carboxylic acids is 4. The van der Waals surface area contributed by atoms with Gasteiger partial charge in [0.15, 0.2) is 14.1 Å². The number of likely N-dealkylation sites (tertiary alicyclic amines) is 1. The van der Waals surface area contributed by atoms with Gasteiger partial charge in [0, 0.05) is 31.0 Å². The number of nitro groups is 1. The first-order chi connectivity index (χ1) is 30.9. The molecule has 14 heteroatoms. The van der Waals surface area contributed by atoms with Crippen molar-refractivity contribution in [1.29, 1.82) is 0 Å². The van der Waals surface area contributed by atoms with Crippen LogP contribution in [0.1, 0.15) is 75.6 Å². The van der Waals surface area contributed by atoms with Crippen LogP contribution in [0.2, 0.25) is 36.3 Å². The predicted octanol–water partition coefficient (Wildman–Crippen LogP) is 10.3. The van der Waals surface area contributed by atoms with Crippen molar-refractivity contribution in [2.24, 2.45) is 5.92 Å². The number of non-ortho nitro benzene ring substituents is 1. The quantitative estimate of drug-likeness (QED) is 0.0146. The van der Waals surface area contributed by atoms with Gasteiger partial charge in [-0.3, -0.25) is 19.7 Å². The van der Waals surface area contributed by atoms with Crippen LogP contribution in [0.3, 0.4) is 0 Å². The number of rotatable bonds is 15. The van der Waals surface area contributed by atoms with Crippen molar-refractivity contribution in [3.63, 3.8) is 0 Å². The maximum atomic E-state index is 15.6. The van der Waals surface area contributed by atoms with E-state index >= 15 is 9.59 Å². The summed E-state index contributed by atoms with van der Waals surface area (Å²) in [4.78, 5) is 72.3. The summed E-state index contributed by atoms with van der Waals surface area (Å²) in [5.74, 6) is -3.17. The van der Waals surface area contributed by atoms with Crippen molar-refractivity contribution < 1.29 is 37.7 Å².